The van der Waals surface area contributed by atoms with Crippen LogP contribution in [0, 0.1) is 5.92 Å². The second-order valence-corrected chi connectivity index (χ2v) is 6.65. The molecule has 3 aromatic rings. The van der Waals surface area contributed by atoms with Gasteiger partial charge in [0.25, 0.3) is 0 Å². The van der Waals surface area contributed by atoms with Gasteiger partial charge in [-0.2, -0.15) is 5.10 Å². The van der Waals surface area contributed by atoms with Crippen molar-refractivity contribution in [1.82, 2.24) is 24.7 Å². The van der Waals surface area contributed by atoms with Gasteiger partial charge in [0.1, 0.15) is 12.0 Å². The van der Waals surface area contributed by atoms with Crippen LogP contribution in [0.2, 0.25) is 0 Å². The molecule has 0 aromatic carbocycles. The van der Waals surface area contributed by atoms with Crippen molar-refractivity contribution in [3.63, 3.8) is 0 Å². The summed E-state index contributed by atoms with van der Waals surface area (Å²) in [6.07, 6.45) is 10.0. The highest BCUT2D eigenvalue weighted by Gasteiger charge is 2.29. The summed E-state index contributed by atoms with van der Waals surface area (Å²) in [7, 11) is 0. The number of carbonyl (C=O) groups excluding carboxylic acids is 1. The molecule has 3 aromatic heterocycles. The predicted molar refractivity (Wildman–Crippen MR) is 94.3 cm³/mol. The first-order valence-corrected chi connectivity index (χ1v) is 8.55. The molecular formula is C17H21N7O. The molecule has 0 bridgehead atoms. The molecule has 1 atom stereocenters. The molecule has 0 unspecified atom stereocenters. The zero-order chi connectivity index (χ0) is 17.4. The summed E-state index contributed by atoms with van der Waals surface area (Å²) in [5, 5.41) is 5.38. The third-order valence-corrected chi connectivity index (χ3v) is 5.06. The molecular weight excluding hydrogens is 318 g/mol. The minimum atomic E-state index is -0.317. The fourth-order valence-corrected chi connectivity index (χ4v) is 3.87. The van der Waals surface area contributed by atoms with E-state index in [1.165, 1.54) is 19.2 Å². The van der Waals surface area contributed by atoms with Crippen LogP contribution in [-0.2, 0) is 4.79 Å². The molecule has 1 fully saturated rings. The molecule has 3 heterocycles. The maximum atomic E-state index is 11.6. The number of primary amides is 1. The van der Waals surface area contributed by atoms with E-state index >= 15 is 0 Å². The van der Waals surface area contributed by atoms with Crippen LogP contribution < -0.4 is 11.5 Å². The molecule has 8 heteroatoms. The summed E-state index contributed by atoms with van der Waals surface area (Å²) >= 11 is 0. The summed E-state index contributed by atoms with van der Waals surface area (Å²) in [5.41, 5.74) is 13.9. The van der Waals surface area contributed by atoms with E-state index in [0.29, 0.717) is 11.7 Å². The fraction of sp³-hybridized carbons (Fsp3) is 0.412. The predicted octanol–water partition coefficient (Wildman–Crippen LogP) is 2.01. The molecule has 0 radical (unpaired) electrons. The van der Waals surface area contributed by atoms with Gasteiger partial charge in [0.2, 0.25) is 5.91 Å². The van der Waals surface area contributed by atoms with Gasteiger partial charge in [-0.25, -0.2) is 9.97 Å². The average molecular weight is 339 g/mol. The van der Waals surface area contributed by atoms with Crippen LogP contribution >= 0.6 is 0 Å². The van der Waals surface area contributed by atoms with Gasteiger partial charge in [-0.1, -0.05) is 12.8 Å². The van der Waals surface area contributed by atoms with Crippen LogP contribution in [0.4, 0.5) is 5.82 Å². The van der Waals surface area contributed by atoms with Crippen molar-refractivity contribution in [3.05, 3.63) is 24.8 Å². The number of H-pyrrole nitrogens is 1. The van der Waals surface area contributed by atoms with Crippen molar-refractivity contribution >= 4 is 22.8 Å². The largest absolute Gasteiger partial charge is 0.382 e. The minimum Gasteiger partial charge on any atom is -0.382 e. The van der Waals surface area contributed by atoms with E-state index in [1.807, 2.05) is 23.1 Å². The Morgan fingerprint density at radius 1 is 1.36 bits per heavy atom. The van der Waals surface area contributed by atoms with E-state index < -0.39 is 0 Å². The third-order valence-electron chi connectivity index (χ3n) is 5.06. The monoisotopic (exact) mass is 339 g/mol. The smallest absolute Gasteiger partial charge is 0.219 e. The Balaban J connectivity index is 1.75. The first kappa shape index (κ1) is 15.6. The summed E-state index contributed by atoms with van der Waals surface area (Å²) in [4.78, 5) is 23.2. The molecule has 25 heavy (non-hydrogen) atoms. The van der Waals surface area contributed by atoms with Crippen LogP contribution in [0.1, 0.15) is 38.1 Å². The quantitative estimate of drug-likeness (QED) is 0.655. The zero-order valence-corrected chi connectivity index (χ0v) is 13.9. The van der Waals surface area contributed by atoms with Crippen LogP contribution in [0.5, 0.6) is 0 Å². The number of nitrogen functional groups attached to an aromatic ring is 1. The van der Waals surface area contributed by atoms with E-state index in [-0.39, 0.29) is 18.4 Å². The normalized spacial score (nSPS) is 16.5. The van der Waals surface area contributed by atoms with E-state index in [4.69, 9.17) is 11.5 Å². The molecule has 0 saturated heterocycles. The molecule has 1 saturated carbocycles. The van der Waals surface area contributed by atoms with E-state index in [1.54, 1.807) is 0 Å². The van der Waals surface area contributed by atoms with E-state index in [0.717, 1.165) is 35.1 Å². The van der Waals surface area contributed by atoms with Gasteiger partial charge in [-0.05, 0) is 24.8 Å². The lowest BCUT2D eigenvalue weighted by Gasteiger charge is -2.22. The number of hydrogen-bond acceptors (Lipinski definition) is 5. The van der Waals surface area contributed by atoms with Gasteiger partial charge in [0.15, 0.2) is 5.82 Å². The highest BCUT2D eigenvalue weighted by atomic mass is 16.1. The van der Waals surface area contributed by atoms with Gasteiger partial charge < -0.3 is 16.5 Å². The lowest BCUT2D eigenvalue weighted by atomic mass is 9.95. The van der Waals surface area contributed by atoms with Gasteiger partial charge in [0, 0.05) is 24.2 Å². The molecule has 0 spiro atoms. The summed E-state index contributed by atoms with van der Waals surface area (Å²) in [6, 6.07) is 1.86. The number of hydrogen-bond donors (Lipinski definition) is 3. The number of anilines is 1. The molecule has 1 aliphatic carbocycles. The molecule has 8 nitrogen and oxygen atoms in total. The van der Waals surface area contributed by atoms with Crippen LogP contribution in [-0.4, -0.2) is 30.6 Å². The van der Waals surface area contributed by atoms with Crippen molar-refractivity contribution in [2.24, 2.45) is 11.7 Å². The average Bonchev–Trinajstić information content (AvgIpc) is 3.32. The standard InChI is InChI=1S/C17H21N7O/c18-14(25)7-13(10-3-1-2-4-10)24-8-12(16(19)23-24)15-11-5-6-20-17(11)22-9-21-15/h5-6,8-10,13H,1-4,7H2,(H2,18,25)(H2,19,23)(H,20,21,22)/t13-/m1/s1. The van der Waals surface area contributed by atoms with Gasteiger partial charge in [-0.3, -0.25) is 9.48 Å². The van der Waals surface area contributed by atoms with Crippen LogP contribution in [0.3, 0.4) is 0 Å². The Morgan fingerprint density at radius 3 is 2.92 bits per heavy atom. The first-order valence-electron chi connectivity index (χ1n) is 8.55. The highest BCUT2D eigenvalue weighted by Crippen LogP contribution is 2.38. The Morgan fingerprint density at radius 2 is 2.16 bits per heavy atom. The Hall–Kier alpha value is -2.90. The number of amides is 1. The van der Waals surface area contributed by atoms with Crippen LogP contribution in [0.15, 0.2) is 24.8 Å². The molecule has 5 N–H and O–H groups in total. The van der Waals surface area contributed by atoms with Crippen molar-refractivity contribution in [1.29, 1.82) is 0 Å². The summed E-state index contributed by atoms with van der Waals surface area (Å²) in [5.74, 6) is 0.480. The number of aromatic nitrogens is 5. The molecule has 4 rings (SSSR count). The summed E-state index contributed by atoms with van der Waals surface area (Å²) in [6.45, 7) is 0. The number of nitrogens with one attached hydrogen (secondary N) is 1. The highest BCUT2D eigenvalue weighted by molar-refractivity contribution is 5.92. The maximum absolute atomic E-state index is 11.6. The number of rotatable bonds is 5. The molecule has 1 amide bonds. The van der Waals surface area contributed by atoms with Gasteiger partial charge >= 0.3 is 0 Å². The Kier molecular flexibility index (Phi) is 3.87. The molecule has 1 aliphatic rings. The third kappa shape index (κ3) is 2.84. The topological polar surface area (TPSA) is 128 Å². The number of nitrogens with two attached hydrogens (primary N) is 2. The molecule has 0 aliphatic heterocycles. The van der Waals surface area contributed by atoms with Crippen LogP contribution in [0.25, 0.3) is 22.3 Å². The second-order valence-electron chi connectivity index (χ2n) is 6.65. The second kappa shape index (κ2) is 6.19. The Labute approximate surface area is 144 Å². The Bertz CT molecular complexity index is 907. The number of fused-ring (bicyclic) bond motifs is 1. The molecule has 130 valence electrons. The first-order chi connectivity index (χ1) is 12.1. The van der Waals surface area contributed by atoms with Gasteiger partial charge in [-0.15, -0.1) is 0 Å². The lowest BCUT2D eigenvalue weighted by Crippen LogP contribution is -2.25. The van der Waals surface area contributed by atoms with Crippen molar-refractivity contribution < 1.29 is 4.79 Å². The summed E-state index contributed by atoms with van der Waals surface area (Å²) < 4.78 is 1.81. The van der Waals surface area contributed by atoms with Crippen molar-refractivity contribution in [2.45, 2.75) is 38.1 Å². The van der Waals surface area contributed by atoms with E-state index in [2.05, 4.69) is 20.1 Å². The lowest BCUT2D eigenvalue weighted by molar-refractivity contribution is -0.119. The minimum absolute atomic E-state index is 0.0559. The number of aromatic amines is 1. The van der Waals surface area contributed by atoms with Crippen molar-refractivity contribution in [3.8, 4) is 11.3 Å². The number of carbonyl (C=O) groups is 1. The SMILES string of the molecule is NC(=O)C[C@H](C1CCCC1)n1cc(-c2ncnc3[nH]ccc23)c(N)n1. The number of nitrogens with zero attached hydrogens (tertiary/aromatic N) is 4. The maximum Gasteiger partial charge on any atom is 0.219 e. The fourth-order valence-electron chi connectivity index (χ4n) is 3.87. The van der Waals surface area contributed by atoms with E-state index in [9.17, 15) is 4.79 Å². The zero-order valence-electron chi connectivity index (χ0n) is 13.9. The van der Waals surface area contributed by atoms with Gasteiger partial charge in [0.05, 0.1) is 17.3 Å². The van der Waals surface area contributed by atoms with Crippen molar-refractivity contribution in [2.75, 3.05) is 5.73 Å².